The first-order chi connectivity index (χ1) is 13.5. The smallest absolute Gasteiger partial charge is 0.214 e. The van der Waals surface area contributed by atoms with Crippen LogP contribution < -0.4 is 5.32 Å². The van der Waals surface area contributed by atoms with Gasteiger partial charge in [-0.25, -0.2) is 8.42 Å². The van der Waals surface area contributed by atoms with Gasteiger partial charge in [-0.1, -0.05) is 35.5 Å². The highest BCUT2D eigenvalue weighted by Gasteiger charge is 2.33. The van der Waals surface area contributed by atoms with E-state index in [0.717, 1.165) is 29.9 Å². The number of aryl methyl sites for hydroxylation is 1. The fourth-order valence-corrected chi connectivity index (χ4v) is 5.72. The number of rotatable bonds is 8. The number of hydrogen-bond donors (Lipinski definition) is 1. The quantitative estimate of drug-likeness (QED) is 0.733. The van der Waals surface area contributed by atoms with Crippen molar-refractivity contribution in [1.82, 2.24) is 14.8 Å². The number of hydrogen-bond acceptors (Lipinski definition) is 5. The van der Waals surface area contributed by atoms with Crippen molar-refractivity contribution in [3.8, 4) is 0 Å². The Labute approximate surface area is 167 Å². The first-order valence-electron chi connectivity index (χ1n) is 10.2. The highest BCUT2D eigenvalue weighted by molar-refractivity contribution is 7.89. The van der Waals surface area contributed by atoms with Crippen molar-refractivity contribution in [3.05, 3.63) is 53.4 Å². The van der Waals surface area contributed by atoms with Gasteiger partial charge in [0, 0.05) is 37.2 Å². The van der Waals surface area contributed by atoms with E-state index < -0.39 is 10.0 Å². The lowest BCUT2D eigenvalue weighted by Crippen LogP contribution is -2.50. The normalized spacial score (nSPS) is 23.8. The number of aromatic nitrogens is 1. The molecule has 1 saturated carbocycles. The fourth-order valence-electron chi connectivity index (χ4n) is 3.98. The second kappa shape index (κ2) is 8.35. The molecule has 1 saturated heterocycles. The van der Waals surface area contributed by atoms with Crippen LogP contribution in [0.25, 0.3) is 0 Å². The van der Waals surface area contributed by atoms with E-state index in [0.29, 0.717) is 31.5 Å². The van der Waals surface area contributed by atoms with E-state index >= 15 is 0 Å². The maximum Gasteiger partial charge on any atom is 0.214 e. The monoisotopic (exact) mass is 403 g/mol. The Morgan fingerprint density at radius 2 is 2.00 bits per heavy atom. The summed E-state index contributed by atoms with van der Waals surface area (Å²) >= 11 is 0. The first kappa shape index (κ1) is 19.6. The second-order valence-electron chi connectivity index (χ2n) is 8.11. The summed E-state index contributed by atoms with van der Waals surface area (Å²) in [5.41, 5.74) is 2.00. The Morgan fingerprint density at radius 1 is 1.21 bits per heavy atom. The van der Waals surface area contributed by atoms with Crippen LogP contribution in [0, 0.1) is 0 Å². The minimum atomic E-state index is -3.24. The highest BCUT2D eigenvalue weighted by Crippen LogP contribution is 2.40. The topological polar surface area (TPSA) is 75.4 Å². The molecule has 0 spiro atoms. The van der Waals surface area contributed by atoms with Crippen molar-refractivity contribution in [2.24, 2.45) is 0 Å². The molecule has 28 heavy (non-hydrogen) atoms. The van der Waals surface area contributed by atoms with Gasteiger partial charge in [0.2, 0.25) is 10.0 Å². The van der Waals surface area contributed by atoms with Gasteiger partial charge in [0.15, 0.2) is 0 Å². The average molecular weight is 404 g/mol. The number of benzene rings is 1. The van der Waals surface area contributed by atoms with E-state index in [4.69, 9.17) is 4.52 Å². The van der Waals surface area contributed by atoms with E-state index in [1.807, 2.05) is 37.3 Å². The fraction of sp³-hybridized carbons (Fsp3) is 0.571. The summed E-state index contributed by atoms with van der Waals surface area (Å²) in [5, 5.41) is 7.67. The molecular weight excluding hydrogens is 374 g/mol. The molecule has 1 N–H and O–H groups in total. The second-order valence-corrected chi connectivity index (χ2v) is 10.1. The van der Waals surface area contributed by atoms with Crippen LogP contribution in [0.1, 0.15) is 55.5 Å². The van der Waals surface area contributed by atoms with Gasteiger partial charge in [-0.2, -0.15) is 4.31 Å². The summed E-state index contributed by atoms with van der Waals surface area (Å²) in [6.07, 6.45) is 4.61. The summed E-state index contributed by atoms with van der Waals surface area (Å²) in [5.74, 6) is 1.75. The minimum Gasteiger partial charge on any atom is -0.361 e. The summed E-state index contributed by atoms with van der Waals surface area (Å²) in [6.45, 7) is 3.26. The molecule has 2 aromatic rings. The van der Waals surface area contributed by atoms with Gasteiger partial charge in [-0.05, 0) is 44.6 Å². The molecule has 7 heteroatoms. The minimum absolute atomic E-state index is 0.00589. The number of sulfonamides is 1. The van der Waals surface area contributed by atoms with Crippen molar-refractivity contribution >= 4 is 10.0 Å². The van der Waals surface area contributed by atoms with Crippen molar-refractivity contribution < 1.29 is 12.9 Å². The Hall–Kier alpha value is -1.70. The van der Waals surface area contributed by atoms with Crippen LogP contribution in [0.4, 0.5) is 0 Å². The van der Waals surface area contributed by atoms with E-state index in [2.05, 4.69) is 16.5 Å². The third kappa shape index (κ3) is 4.82. The molecule has 2 fully saturated rings. The van der Waals surface area contributed by atoms with E-state index in [9.17, 15) is 8.42 Å². The number of nitrogens with one attached hydrogen (secondary N) is 1. The van der Waals surface area contributed by atoms with Crippen molar-refractivity contribution in [1.29, 1.82) is 0 Å². The molecule has 2 atom stereocenters. The zero-order valence-corrected chi connectivity index (χ0v) is 17.2. The molecule has 2 aliphatic rings. The number of piperidine rings is 1. The van der Waals surface area contributed by atoms with Gasteiger partial charge in [-0.15, -0.1) is 0 Å². The molecule has 0 amide bonds. The summed E-state index contributed by atoms with van der Waals surface area (Å²) in [7, 11) is -3.24. The van der Waals surface area contributed by atoms with Crippen LogP contribution in [0.2, 0.25) is 0 Å². The van der Waals surface area contributed by atoms with Gasteiger partial charge >= 0.3 is 0 Å². The van der Waals surface area contributed by atoms with Gasteiger partial charge in [0.25, 0.3) is 0 Å². The van der Waals surface area contributed by atoms with Crippen LogP contribution in [-0.2, 0) is 23.0 Å². The molecule has 4 rings (SSSR count). The lowest BCUT2D eigenvalue weighted by Gasteiger charge is -2.37. The van der Waals surface area contributed by atoms with Crippen LogP contribution in [-0.4, -0.2) is 42.3 Å². The van der Waals surface area contributed by atoms with Gasteiger partial charge in [0.05, 0.1) is 11.4 Å². The van der Waals surface area contributed by atoms with E-state index in [-0.39, 0.29) is 11.8 Å². The standard InChI is InChI=1S/C21H29N3O3S/c1-16-13-19(22-15-20-14-21(27-23-20)18-7-8-18)9-11-24(16)28(25,26)12-10-17-5-3-2-4-6-17/h2-6,14,16,18-19,22H,7-13,15H2,1H3/t16-,19+/m0/s1. The van der Waals surface area contributed by atoms with E-state index in [1.165, 1.54) is 12.8 Å². The Bertz CT molecular complexity index is 877. The van der Waals surface area contributed by atoms with Crippen LogP contribution in [0.3, 0.4) is 0 Å². The van der Waals surface area contributed by atoms with Crippen molar-refractivity contribution in [3.63, 3.8) is 0 Å². The van der Waals surface area contributed by atoms with E-state index in [1.54, 1.807) is 4.31 Å². The lowest BCUT2D eigenvalue weighted by molar-refractivity contribution is 0.224. The molecule has 1 aromatic carbocycles. The Kier molecular flexibility index (Phi) is 5.85. The molecular formula is C21H29N3O3S. The molecule has 152 valence electrons. The Morgan fingerprint density at radius 3 is 2.71 bits per heavy atom. The third-order valence-electron chi connectivity index (χ3n) is 5.79. The molecule has 1 aliphatic heterocycles. The molecule has 1 aromatic heterocycles. The molecule has 1 aliphatic carbocycles. The number of nitrogens with zero attached hydrogens (tertiary/aromatic N) is 2. The SMILES string of the molecule is C[C@H]1C[C@H](NCc2cc(C3CC3)on2)CCN1S(=O)(=O)CCc1ccccc1. The summed E-state index contributed by atoms with van der Waals surface area (Å²) in [4.78, 5) is 0. The average Bonchev–Trinajstić information content (AvgIpc) is 3.44. The van der Waals surface area contributed by atoms with Crippen molar-refractivity contribution in [2.75, 3.05) is 12.3 Å². The highest BCUT2D eigenvalue weighted by atomic mass is 32.2. The van der Waals surface area contributed by atoms with Crippen LogP contribution in [0.15, 0.2) is 40.9 Å². The van der Waals surface area contributed by atoms with Crippen LogP contribution in [0.5, 0.6) is 0 Å². The summed E-state index contributed by atoms with van der Waals surface area (Å²) < 4.78 is 32.7. The Balaban J connectivity index is 1.26. The molecule has 0 radical (unpaired) electrons. The van der Waals surface area contributed by atoms with Crippen LogP contribution >= 0.6 is 0 Å². The van der Waals surface area contributed by atoms with Gasteiger partial charge in [0.1, 0.15) is 5.76 Å². The zero-order valence-electron chi connectivity index (χ0n) is 16.4. The molecule has 0 unspecified atom stereocenters. The predicted octanol–water partition coefficient (Wildman–Crippen LogP) is 3.07. The predicted molar refractivity (Wildman–Crippen MR) is 108 cm³/mol. The third-order valence-corrected chi connectivity index (χ3v) is 7.77. The van der Waals surface area contributed by atoms with Gasteiger partial charge < -0.3 is 9.84 Å². The lowest BCUT2D eigenvalue weighted by atomic mass is 10.0. The molecule has 2 heterocycles. The molecule has 6 nitrogen and oxygen atoms in total. The largest absolute Gasteiger partial charge is 0.361 e. The molecule has 0 bridgehead atoms. The maximum atomic E-state index is 12.8. The first-order valence-corrected chi connectivity index (χ1v) is 11.8. The zero-order chi connectivity index (χ0) is 19.6. The van der Waals surface area contributed by atoms with Gasteiger partial charge in [-0.3, -0.25) is 0 Å². The van der Waals surface area contributed by atoms with Crippen molar-refractivity contribution in [2.45, 2.75) is 63.6 Å². The summed E-state index contributed by atoms with van der Waals surface area (Å²) in [6, 6.07) is 12.2. The maximum absolute atomic E-state index is 12.8.